The van der Waals surface area contributed by atoms with E-state index in [1.54, 1.807) is 0 Å². The van der Waals surface area contributed by atoms with Gasteiger partial charge in [-0.3, -0.25) is 0 Å². The summed E-state index contributed by atoms with van der Waals surface area (Å²) in [6.07, 6.45) is 0. The van der Waals surface area contributed by atoms with Crippen LogP contribution in [0.1, 0.15) is 0 Å². The summed E-state index contributed by atoms with van der Waals surface area (Å²) < 4.78 is 0. The molecule has 0 aromatic heterocycles. The Kier molecular flexibility index (Phi) is 136. The van der Waals surface area contributed by atoms with Gasteiger partial charge in [-0.25, -0.2) is 0 Å². The number of hydrogen-bond donors (Lipinski definition) is 0. The molecule has 4 radical (unpaired) electrons. The molecule has 1 unspecified atom stereocenters. The molecule has 0 heterocycles. The largest absolute Gasteiger partial charge is 0.153 e. The Morgan fingerprint density at radius 3 is 1.00 bits per heavy atom. The third kappa shape index (κ3) is 8.82. The average Bonchev–Trinajstić information content (AvgIpc) is 0. The van der Waals surface area contributed by atoms with Gasteiger partial charge >= 0.3 is 0 Å². The Bertz CT molecular complexity index is 8.00. The molecule has 0 spiro atoms. The van der Waals surface area contributed by atoms with E-state index < -0.39 is 0 Å². The molecule has 0 nitrogen and oxygen atoms in total. The summed E-state index contributed by atoms with van der Waals surface area (Å²) in [4.78, 5) is 0. The van der Waals surface area contributed by atoms with E-state index in [1.807, 2.05) is 0 Å². The van der Waals surface area contributed by atoms with Crippen LogP contribution in [0.15, 0.2) is 0 Å². The molecule has 1 atom stereocenters. The van der Waals surface area contributed by atoms with Crippen molar-refractivity contribution >= 4 is 36.1 Å². The van der Waals surface area contributed by atoms with E-state index >= 15 is 0 Å². The van der Waals surface area contributed by atoms with E-state index in [2.05, 4.69) is 0 Å². The maximum atomic E-state index is 0. The van der Waals surface area contributed by atoms with Crippen LogP contribution in [-0.2, 0) is 39.4 Å². The zero-order chi connectivity index (χ0) is 0. The Morgan fingerprint density at radius 1 is 1.00 bits per heavy atom. The van der Waals surface area contributed by atoms with Crippen LogP contribution in [0.2, 0.25) is 0 Å². The Hall–Kier alpha value is 2.57. The van der Waals surface area contributed by atoms with Crippen molar-refractivity contribution in [1.82, 2.24) is 0 Å². The Balaban J connectivity index is 0. The first-order chi connectivity index (χ1) is 0. The summed E-state index contributed by atoms with van der Waals surface area (Å²) in [5.41, 5.74) is 0. The molecule has 0 aromatic carbocycles. The van der Waals surface area contributed by atoms with Gasteiger partial charge in [0.05, 0.1) is 0 Å². The standard InChI is InChI=1S/Ag.Bi.Fe.H3P/h;;;1H3. The molecule has 0 aromatic rings. The molecule has 4 heavy (non-hydrogen) atoms. The molecule has 0 aliphatic heterocycles. The van der Waals surface area contributed by atoms with E-state index in [9.17, 15) is 0 Å². The molecular weight excluding hydrogens is 404 g/mol. The fraction of sp³-hybridized carbons (Fsp3) is 0. The average molecular weight is 407 g/mol. The van der Waals surface area contributed by atoms with Gasteiger partial charge in [-0.1, -0.05) is 0 Å². The molecule has 0 saturated heterocycles. The van der Waals surface area contributed by atoms with Crippen LogP contribution >= 0.6 is 9.90 Å². The zero-order valence-corrected chi connectivity index (χ0v) is 9.29. The zero-order valence-electron chi connectivity index (χ0n) is 1.81. The topological polar surface area (TPSA) is 0 Å². The normalized spacial score (nSPS) is 0. The van der Waals surface area contributed by atoms with Crippen LogP contribution in [-0.4, -0.2) is 26.2 Å². The van der Waals surface area contributed by atoms with Gasteiger partial charge in [-0.2, -0.15) is 9.90 Å². The predicted molar refractivity (Wildman–Crippen MR) is 16.9 cm³/mol. The van der Waals surface area contributed by atoms with E-state index in [-0.39, 0.29) is 75.6 Å². The summed E-state index contributed by atoms with van der Waals surface area (Å²) >= 11 is 0. The van der Waals surface area contributed by atoms with E-state index in [1.165, 1.54) is 0 Å². The second kappa shape index (κ2) is 17.6. The molecule has 0 fully saturated rings. The fourth-order valence-electron chi connectivity index (χ4n) is 0. The Labute approximate surface area is 74.6 Å². The third-order valence-electron chi connectivity index (χ3n) is 0. The van der Waals surface area contributed by atoms with Crippen molar-refractivity contribution in [1.29, 1.82) is 0 Å². The SMILES string of the molecule is P.[Ag].[Bi].[Fe]. The molecule has 0 N–H and O–H groups in total. The monoisotopic (exact) mass is 406 g/mol. The van der Waals surface area contributed by atoms with Crippen molar-refractivity contribution in [3.05, 3.63) is 0 Å². The fourth-order valence-corrected chi connectivity index (χ4v) is 0. The van der Waals surface area contributed by atoms with Gasteiger partial charge in [-0.15, -0.1) is 0 Å². The summed E-state index contributed by atoms with van der Waals surface area (Å²) in [6, 6.07) is 0. The smallest absolute Gasteiger partial charge is 0 e. The van der Waals surface area contributed by atoms with Gasteiger partial charge in [0.25, 0.3) is 0 Å². The second-order valence-corrected chi connectivity index (χ2v) is 0. The van der Waals surface area contributed by atoms with Crippen molar-refractivity contribution < 1.29 is 39.4 Å². The molecule has 0 bridgehead atoms. The van der Waals surface area contributed by atoms with Gasteiger partial charge in [0, 0.05) is 65.7 Å². The first-order valence-electron chi connectivity index (χ1n) is 0. The Morgan fingerprint density at radius 2 is 1.00 bits per heavy atom. The van der Waals surface area contributed by atoms with Crippen molar-refractivity contribution in [3.8, 4) is 0 Å². The van der Waals surface area contributed by atoms with Gasteiger partial charge in [0.1, 0.15) is 0 Å². The minimum Gasteiger partial charge on any atom is -0.153 e. The number of rotatable bonds is 0. The maximum Gasteiger partial charge on any atom is 0 e. The molecule has 4 heteroatoms. The van der Waals surface area contributed by atoms with Gasteiger partial charge in [-0.05, 0) is 0 Å². The van der Waals surface area contributed by atoms with Crippen LogP contribution in [0, 0.1) is 0 Å². The third-order valence-corrected chi connectivity index (χ3v) is 0. The molecule has 0 aliphatic rings. The van der Waals surface area contributed by atoms with E-state index in [0.29, 0.717) is 0 Å². The molecule has 32 valence electrons. The first-order valence-corrected chi connectivity index (χ1v) is 0. The van der Waals surface area contributed by atoms with Crippen LogP contribution in [0.4, 0.5) is 0 Å². The van der Waals surface area contributed by atoms with Crippen molar-refractivity contribution in [2.45, 2.75) is 0 Å². The molecular formula is H3AgBiFeP. The van der Waals surface area contributed by atoms with Gasteiger partial charge in [0.15, 0.2) is 0 Å². The minimum atomic E-state index is 0. The summed E-state index contributed by atoms with van der Waals surface area (Å²) in [5, 5.41) is 0. The van der Waals surface area contributed by atoms with Crippen molar-refractivity contribution in [2.24, 2.45) is 0 Å². The predicted octanol–water partition coefficient (Wildman–Crippen LogP) is -0.328. The molecule has 0 saturated carbocycles. The van der Waals surface area contributed by atoms with Crippen LogP contribution < -0.4 is 0 Å². The van der Waals surface area contributed by atoms with Crippen LogP contribution in [0.3, 0.4) is 0 Å². The maximum absolute atomic E-state index is 0. The molecule has 0 rings (SSSR count). The summed E-state index contributed by atoms with van der Waals surface area (Å²) in [5.74, 6) is 0. The van der Waals surface area contributed by atoms with Crippen molar-refractivity contribution in [3.63, 3.8) is 0 Å². The minimum absolute atomic E-state index is 0. The first kappa shape index (κ1) is 30.8. The van der Waals surface area contributed by atoms with E-state index in [4.69, 9.17) is 0 Å². The van der Waals surface area contributed by atoms with Gasteiger partial charge < -0.3 is 0 Å². The van der Waals surface area contributed by atoms with Gasteiger partial charge in [0.2, 0.25) is 0 Å². The molecule has 0 amide bonds. The summed E-state index contributed by atoms with van der Waals surface area (Å²) in [6.45, 7) is 0. The second-order valence-electron chi connectivity index (χ2n) is 0. The van der Waals surface area contributed by atoms with E-state index in [0.717, 1.165) is 0 Å². The van der Waals surface area contributed by atoms with Crippen LogP contribution in [0.25, 0.3) is 0 Å². The van der Waals surface area contributed by atoms with Crippen LogP contribution in [0.5, 0.6) is 0 Å². The number of hydrogen-bond acceptors (Lipinski definition) is 0. The quantitative estimate of drug-likeness (QED) is 0.382. The van der Waals surface area contributed by atoms with Crippen molar-refractivity contribution in [2.75, 3.05) is 0 Å². The summed E-state index contributed by atoms with van der Waals surface area (Å²) in [7, 11) is 0. The molecule has 0 aliphatic carbocycles.